The summed E-state index contributed by atoms with van der Waals surface area (Å²) >= 11 is 0. The van der Waals surface area contributed by atoms with Crippen LogP contribution in [0, 0.1) is 5.92 Å². The van der Waals surface area contributed by atoms with Gasteiger partial charge < -0.3 is 5.11 Å². The van der Waals surface area contributed by atoms with E-state index >= 15 is 0 Å². The largest absolute Gasteiger partial charge is 0.480 e. The zero-order valence-corrected chi connectivity index (χ0v) is 12.0. The van der Waals surface area contributed by atoms with Gasteiger partial charge in [-0.25, -0.2) is 8.42 Å². The van der Waals surface area contributed by atoms with Crippen LogP contribution in [0.15, 0.2) is 29.2 Å². The molecule has 0 aliphatic heterocycles. The topological polar surface area (TPSA) is 83.5 Å². The van der Waals surface area contributed by atoms with Crippen LogP contribution in [0.3, 0.4) is 0 Å². The minimum atomic E-state index is -4.57. The van der Waals surface area contributed by atoms with E-state index in [-0.39, 0.29) is 0 Å². The lowest BCUT2D eigenvalue weighted by atomic mass is 10.1. The number of aliphatic carboxylic acids is 1. The molecule has 1 aromatic carbocycles. The third-order valence-electron chi connectivity index (χ3n) is 2.71. The van der Waals surface area contributed by atoms with Gasteiger partial charge in [0.25, 0.3) is 0 Å². The van der Waals surface area contributed by atoms with Gasteiger partial charge in [0.15, 0.2) is 0 Å². The molecule has 0 fully saturated rings. The predicted molar refractivity (Wildman–Crippen MR) is 68.0 cm³/mol. The molecule has 0 aliphatic rings. The number of hydrogen-bond donors (Lipinski definition) is 2. The number of carboxylic acids is 1. The summed E-state index contributed by atoms with van der Waals surface area (Å²) < 4.78 is 63.1. The predicted octanol–water partition coefficient (Wildman–Crippen LogP) is 2.09. The highest BCUT2D eigenvalue weighted by Gasteiger charge is 2.32. The minimum absolute atomic E-state index is 0.428. The lowest BCUT2D eigenvalue weighted by Gasteiger charge is -2.18. The fourth-order valence-corrected chi connectivity index (χ4v) is 2.87. The molecule has 1 atom stereocenters. The maximum absolute atomic E-state index is 12.4. The molecule has 0 unspecified atom stereocenters. The number of carboxylic acid groups (broad SMARTS) is 1. The average Bonchev–Trinajstić information content (AvgIpc) is 2.34. The number of benzene rings is 1. The van der Waals surface area contributed by atoms with Crippen molar-refractivity contribution in [3.05, 3.63) is 29.8 Å². The number of halogens is 3. The van der Waals surface area contributed by atoms with Crippen molar-refractivity contribution in [3.8, 4) is 0 Å². The van der Waals surface area contributed by atoms with Crippen LogP contribution in [-0.2, 0) is 21.0 Å². The van der Waals surface area contributed by atoms with Gasteiger partial charge in [0.2, 0.25) is 10.0 Å². The van der Waals surface area contributed by atoms with Crippen molar-refractivity contribution in [2.75, 3.05) is 0 Å². The van der Waals surface area contributed by atoms with E-state index in [1.54, 1.807) is 0 Å². The smallest absolute Gasteiger partial charge is 0.416 e. The van der Waals surface area contributed by atoms with Crippen molar-refractivity contribution in [2.24, 2.45) is 5.92 Å². The number of hydrogen-bond acceptors (Lipinski definition) is 3. The molecule has 0 bridgehead atoms. The van der Waals surface area contributed by atoms with Gasteiger partial charge in [-0.15, -0.1) is 0 Å². The summed E-state index contributed by atoms with van der Waals surface area (Å²) in [5.74, 6) is -1.88. The summed E-state index contributed by atoms with van der Waals surface area (Å²) in [7, 11) is -4.21. The third-order valence-corrected chi connectivity index (χ3v) is 4.16. The number of rotatable bonds is 5. The van der Waals surface area contributed by atoms with E-state index in [1.807, 2.05) is 4.72 Å². The van der Waals surface area contributed by atoms with E-state index < -0.39 is 44.6 Å². The van der Waals surface area contributed by atoms with Crippen LogP contribution < -0.4 is 4.72 Å². The van der Waals surface area contributed by atoms with E-state index in [4.69, 9.17) is 5.11 Å². The molecule has 0 saturated heterocycles. The maximum atomic E-state index is 12.4. The summed E-state index contributed by atoms with van der Waals surface area (Å²) in [5, 5.41) is 8.93. The van der Waals surface area contributed by atoms with Crippen molar-refractivity contribution in [1.29, 1.82) is 0 Å². The molecule has 2 N–H and O–H groups in total. The zero-order chi connectivity index (χ0) is 16.4. The van der Waals surface area contributed by atoms with Crippen LogP contribution in [0.5, 0.6) is 0 Å². The van der Waals surface area contributed by atoms with Crippen molar-refractivity contribution in [2.45, 2.75) is 31.0 Å². The van der Waals surface area contributed by atoms with Gasteiger partial charge in [-0.05, 0) is 30.2 Å². The normalized spacial score (nSPS) is 14.2. The van der Waals surface area contributed by atoms with Crippen LogP contribution in [0.25, 0.3) is 0 Å². The Bertz CT molecular complexity index is 608. The summed E-state index contributed by atoms with van der Waals surface area (Å²) in [6, 6.07) is 1.45. The van der Waals surface area contributed by atoms with Crippen LogP contribution in [0.1, 0.15) is 19.4 Å². The summed E-state index contributed by atoms with van der Waals surface area (Å²) in [6.45, 7) is 3.02. The number of alkyl halides is 3. The van der Waals surface area contributed by atoms with Crippen LogP contribution in [0.2, 0.25) is 0 Å². The Balaban J connectivity index is 3.06. The van der Waals surface area contributed by atoms with Gasteiger partial charge in [0.05, 0.1) is 10.5 Å². The first-order valence-electron chi connectivity index (χ1n) is 5.87. The number of nitrogens with one attached hydrogen (secondary N) is 1. The first kappa shape index (κ1) is 17.4. The van der Waals surface area contributed by atoms with Crippen LogP contribution >= 0.6 is 0 Å². The standard InChI is InChI=1S/C12H14F3NO4S/c1-7(2)10(11(17)18)16-21(19,20)9-5-3-8(4-6-9)12(13,14)15/h3-7,10,16H,1-2H3,(H,17,18)/t10-/m0/s1. The average molecular weight is 325 g/mol. The van der Waals surface area contributed by atoms with Gasteiger partial charge in [-0.1, -0.05) is 13.8 Å². The molecule has 5 nitrogen and oxygen atoms in total. The summed E-state index contributed by atoms with van der Waals surface area (Å²) in [4.78, 5) is 10.5. The first-order valence-corrected chi connectivity index (χ1v) is 7.36. The molecule has 1 aromatic rings. The number of sulfonamides is 1. The Hall–Kier alpha value is -1.61. The Kier molecular flexibility index (Phi) is 5.00. The highest BCUT2D eigenvalue weighted by Crippen LogP contribution is 2.29. The Morgan fingerprint density at radius 3 is 2.00 bits per heavy atom. The van der Waals surface area contributed by atoms with E-state index in [0.717, 1.165) is 12.1 Å². The maximum Gasteiger partial charge on any atom is 0.416 e. The molecular formula is C12H14F3NO4S. The molecule has 0 heterocycles. The molecule has 0 radical (unpaired) electrons. The summed E-state index contributed by atoms with van der Waals surface area (Å²) in [6.07, 6.45) is -4.57. The molecule has 0 amide bonds. The van der Waals surface area contributed by atoms with Crippen molar-refractivity contribution >= 4 is 16.0 Å². The van der Waals surface area contributed by atoms with E-state index in [1.165, 1.54) is 13.8 Å². The van der Waals surface area contributed by atoms with Crippen LogP contribution in [-0.4, -0.2) is 25.5 Å². The van der Waals surface area contributed by atoms with E-state index in [0.29, 0.717) is 12.1 Å². The lowest BCUT2D eigenvalue weighted by molar-refractivity contribution is -0.140. The van der Waals surface area contributed by atoms with E-state index in [9.17, 15) is 26.4 Å². The molecule has 118 valence electrons. The third kappa shape index (κ3) is 4.43. The second-order valence-electron chi connectivity index (χ2n) is 4.70. The fraction of sp³-hybridized carbons (Fsp3) is 0.417. The molecule has 0 aromatic heterocycles. The molecule has 1 rings (SSSR count). The fourth-order valence-electron chi connectivity index (χ4n) is 1.53. The van der Waals surface area contributed by atoms with Gasteiger partial charge in [-0.2, -0.15) is 17.9 Å². The zero-order valence-electron chi connectivity index (χ0n) is 11.2. The van der Waals surface area contributed by atoms with Crippen molar-refractivity contribution in [3.63, 3.8) is 0 Å². The quantitative estimate of drug-likeness (QED) is 0.868. The first-order chi connectivity index (χ1) is 9.45. The van der Waals surface area contributed by atoms with Gasteiger partial charge in [0.1, 0.15) is 6.04 Å². The van der Waals surface area contributed by atoms with Gasteiger partial charge >= 0.3 is 12.1 Å². The van der Waals surface area contributed by atoms with Gasteiger partial charge in [0, 0.05) is 0 Å². The molecular weight excluding hydrogens is 311 g/mol. The Labute approximate surface area is 119 Å². The monoisotopic (exact) mass is 325 g/mol. The van der Waals surface area contributed by atoms with E-state index in [2.05, 4.69) is 0 Å². The second kappa shape index (κ2) is 6.02. The Morgan fingerprint density at radius 1 is 1.19 bits per heavy atom. The lowest BCUT2D eigenvalue weighted by Crippen LogP contribution is -2.44. The summed E-state index contributed by atoms with van der Waals surface area (Å²) in [5.41, 5.74) is -0.986. The van der Waals surface area contributed by atoms with Crippen molar-refractivity contribution in [1.82, 2.24) is 4.72 Å². The van der Waals surface area contributed by atoms with Crippen LogP contribution in [0.4, 0.5) is 13.2 Å². The minimum Gasteiger partial charge on any atom is -0.480 e. The molecule has 21 heavy (non-hydrogen) atoms. The van der Waals surface area contributed by atoms with Gasteiger partial charge in [-0.3, -0.25) is 4.79 Å². The Morgan fingerprint density at radius 2 is 1.67 bits per heavy atom. The molecule has 0 saturated carbocycles. The van der Waals surface area contributed by atoms with Crippen molar-refractivity contribution < 1.29 is 31.5 Å². The SMILES string of the molecule is CC(C)[C@H](NS(=O)(=O)c1ccc(C(F)(F)F)cc1)C(=O)O. The second-order valence-corrected chi connectivity index (χ2v) is 6.42. The number of carbonyl (C=O) groups is 1. The highest BCUT2D eigenvalue weighted by atomic mass is 32.2. The highest BCUT2D eigenvalue weighted by molar-refractivity contribution is 7.89. The molecule has 0 aliphatic carbocycles. The molecule has 9 heteroatoms. The molecule has 0 spiro atoms.